The second-order valence-electron chi connectivity index (χ2n) is 6.79. The number of thioether (sulfide) groups is 1. The summed E-state index contributed by atoms with van der Waals surface area (Å²) in [5.74, 6) is 2.01. The van der Waals surface area contributed by atoms with Crippen LogP contribution in [-0.4, -0.2) is 57.5 Å². The number of nitrogens with zero attached hydrogens (tertiary/aromatic N) is 7. The maximum atomic E-state index is 6.41. The first kappa shape index (κ1) is 22.3. The predicted molar refractivity (Wildman–Crippen MR) is 120 cm³/mol. The van der Waals surface area contributed by atoms with E-state index in [1.165, 1.54) is 11.8 Å². The highest BCUT2D eigenvalue weighted by atomic mass is 35.5. The smallest absolute Gasteiger partial charge is 0.229 e. The van der Waals surface area contributed by atoms with Gasteiger partial charge in [-0.3, -0.25) is 0 Å². The van der Waals surface area contributed by atoms with Crippen LogP contribution in [0.3, 0.4) is 0 Å². The van der Waals surface area contributed by atoms with Crippen LogP contribution in [0.5, 0.6) is 0 Å². The fourth-order valence-corrected chi connectivity index (χ4v) is 3.92. The van der Waals surface area contributed by atoms with E-state index in [2.05, 4.69) is 29.7 Å². The topological polar surface area (TPSA) is 108 Å². The van der Waals surface area contributed by atoms with E-state index >= 15 is 0 Å². The fourth-order valence-electron chi connectivity index (χ4n) is 2.78. The lowest BCUT2D eigenvalue weighted by atomic mass is 10.2. The molecular formula is C19H25ClN8OS. The molecule has 0 amide bonds. The number of aromatic nitrogens is 6. The first-order valence-electron chi connectivity index (χ1n) is 9.43. The van der Waals surface area contributed by atoms with Crippen LogP contribution < -0.4 is 10.6 Å². The average molecular weight is 449 g/mol. The highest BCUT2D eigenvalue weighted by Crippen LogP contribution is 2.36. The standard InChI is InChI=1S/C19H25ClN8OS/c1-12(15-22-17(21)24-18(23-15)27(2)3)30-19-26-25-16(28(19)10-7-11-29-4)13-8-5-6-9-14(13)20/h5-6,8-9,12H,7,10-11H2,1-4H3,(H2,21,22,23,24). The van der Waals surface area contributed by atoms with Crippen molar-refractivity contribution in [1.29, 1.82) is 0 Å². The van der Waals surface area contributed by atoms with Crippen molar-refractivity contribution in [3.8, 4) is 11.4 Å². The predicted octanol–water partition coefficient (Wildman–Crippen LogP) is 3.32. The number of hydrogen-bond donors (Lipinski definition) is 1. The summed E-state index contributed by atoms with van der Waals surface area (Å²) in [7, 11) is 5.41. The molecule has 1 aromatic carbocycles. The van der Waals surface area contributed by atoms with Crippen molar-refractivity contribution < 1.29 is 4.74 Å². The van der Waals surface area contributed by atoms with Crippen molar-refractivity contribution in [2.75, 3.05) is 38.4 Å². The van der Waals surface area contributed by atoms with Crippen LogP contribution >= 0.6 is 23.4 Å². The van der Waals surface area contributed by atoms with Crippen LogP contribution in [-0.2, 0) is 11.3 Å². The van der Waals surface area contributed by atoms with Gasteiger partial charge in [0.05, 0.1) is 10.3 Å². The Morgan fingerprint density at radius 1 is 1.20 bits per heavy atom. The molecule has 2 aromatic heterocycles. The summed E-state index contributed by atoms with van der Waals surface area (Å²) in [5.41, 5.74) is 6.71. The van der Waals surface area contributed by atoms with E-state index in [1.54, 1.807) is 12.0 Å². The molecule has 1 unspecified atom stereocenters. The molecular weight excluding hydrogens is 424 g/mol. The van der Waals surface area contributed by atoms with Gasteiger partial charge in [-0.1, -0.05) is 35.5 Å². The third kappa shape index (κ3) is 5.18. The van der Waals surface area contributed by atoms with Gasteiger partial charge in [0.15, 0.2) is 11.0 Å². The van der Waals surface area contributed by atoms with Crippen LogP contribution in [0.25, 0.3) is 11.4 Å². The Labute approximate surface area is 185 Å². The zero-order valence-electron chi connectivity index (χ0n) is 17.4. The Morgan fingerprint density at radius 2 is 1.97 bits per heavy atom. The summed E-state index contributed by atoms with van der Waals surface area (Å²) in [6, 6.07) is 7.61. The van der Waals surface area contributed by atoms with Gasteiger partial charge in [0.1, 0.15) is 5.82 Å². The molecule has 3 aromatic rings. The number of methoxy groups -OCH3 is 1. The lowest BCUT2D eigenvalue weighted by molar-refractivity contribution is 0.189. The van der Waals surface area contributed by atoms with Crippen molar-refractivity contribution >= 4 is 35.3 Å². The van der Waals surface area contributed by atoms with Crippen LogP contribution in [0.1, 0.15) is 24.4 Å². The zero-order chi connectivity index (χ0) is 21.7. The fraction of sp³-hybridized carbons (Fsp3) is 0.421. The molecule has 0 radical (unpaired) electrons. The summed E-state index contributed by atoms with van der Waals surface area (Å²) >= 11 is 7.92. The third-order valence-corrected chi connectivity index (χ3v) is 5.67. The Bertz CT molecular complexity index is 996. The second kappa shape index (κ2) is 10.1. The molecule has 0 spiro atoms. The molecule has 0 saturated heterocycles. The van der Waals surface area contributed by atoms with Gasteiger partial charge in [0.2, 0.25) is 11.9 Å². The number of hydrogen-bond acceptors (Lipinski definition) is 9. The van der Waals surface area contributed by atoms with E-state index in [4.69, 9.17) is 22.1 Å². The minimum absolute atomic E-state index is 0.113. The summed E-state index contributed by atoms with van der Waals surface area (Å²) in [4.78, 5) is 14.8. The number of nitrogen functional groups attached to an aromatic ring is 1. The third-order valence-electron chi connectivity index (χ3n) is 4.27. The van der Waals surface area contributed by atoms with Crippen LogP contribution in [0.2, 0.25) is 5.02 Å². The van der Waals surface area contributed by atoms with Crippen molar-refractivity contribution in [2.45, 2.75) is 30.3 Å². The summed E-state index contributed by atoms with van der Waals surface area (Å²) < 4.78 is 7.27. The minimum Gasteiger partial charge on any atom is -0.385 e. The quantitative estimate of drug-likeness (QED) is 0.389. The molecule has 30 heavy (non-hydrogen) atoms. The van der Waals surface area contributed by atoms with Crippen molar-refractivity contribution in [2.24, 2.45) is 0 Å². The molecule has 0 aliphatic carbocycles. The maximum absolute atomic E-state index is 6.41. The molecule has 2 heterocycles. The molecule has 0 bridgehead atoms. The Kier molecular flexibility index (Phi) is 7.46. The maximum Gasteiger partial charge on any atom is 0.229 e. The number of anilines is 2. The highest BCUT2D eigenvalue weighted by Gasteiger charge is 2.21. The van der Waals surface area contributed by atoms with E-state index in [-0.39, 0.29) is 11.2 Å². The van der Waals surface area contributed by atoms with Gasteiger partial charge < -0.3 is 19.9 Å². The number of rotatable bonds is 9. The molecule has 0 aliphatic heterocycles. The van der Waals surface area contributed by atoms with Gasteiger partial charge >= 0.3 is 0 Å². The molecule has 0 fully saturated rings. The molecule has 3 rings (SSSR count). The normalized spacial score (nSPS) is 12.2. The highest BCUT2D eigenvalue weighted by molar-refractivity contribution is 7.99. The van der Waals surface area contributed by atoms with E-state index < -0.39 is 0 Å². The zero-order valence-corrected chi connectivity index (χ0v) is 19.0. The molecule has 0 saturated carbocycles. The largest absolute Gasteiger partial charge is 0.385 e. The van der Waals surface area contributed by atoms with Crippen molar-refractivity contribution in [3.63, 3.8) is 0 Å². The van der Waals surface area contributed by atoms with Crippen LogP contribution in [0.15, 0.2) is 29.4 Å². The van der Waals surface area contributed by atoms with Crippen molar-refractivity contribution in [3.05, 3.63) is 35.1 Å². The second-order valence-corrected chi connectivity index (χ2v) is 8.51. The number of nitrogens with two attached hydrogens (primary N) is 1. The van der Waals surface area contributed by atoms with Gasteiger partial charge in [-0.2, -0.15) is 15.0 Å². The first-order valence-corrected chi connectivity index (χ1v) is 10.7. The van der Waals surface area contributed by atoms with Crippen molar-refractivity contribution in [1.82, 2.24) is 29.7 Å². The van der Waals surface area contributed by atoms with Gasteiger partial charge in [-0.05, 0) is 25.5 Å². The minimum atomic E-state index is -0.113. The molecule has 9 nitrogen and oxygen atoms in total. The lowest BCUT2D eigenvalue weighted by Gasteiger charge is -2.15. The van der Waals surface area contributed by atoms with Crippen LogP contribution in [0.4, 0.5) is 11.9 Å². The molecule has 160 valence electrons. The number of benzene rings is 1. The molecule has 2 N–H and O–H groups in total. The number of halogens is 1. The summed E-state index contributed by atoms with van der Waals surface area (Å²) in [6.45, 7) is 3.33. The molecule has 1 atom stereocenters. The monoisotopic (exact) mass is 448 g/mol. The summed E-state index contributed by atoms with van der Waals surface area (Å²) in [6.07, 6.45) is 0.817. The van der Waals surface area contributed by atoms with E-state index in [9.17, 15) is 0 Å². The Hall–Kier alpha value is -2.43. The SMILES string of the molecule is COCCCn1c(SC(C)c2nc(N)nc(N(C)C)n2)nnc1-c1ccccc1Cl. The van der Waals surface area contributed by atoms with Crippen LogP contribution in [0, 0.1) is 0 Å². The average Bonchev–Trinajstić information content (AvgIpc) is 3.10. The van der Waals surface area contributed by atoms with E-state index in [0.29, 0.717) is 29.9 Å². The first-order chi connectivity index (χ1) is 14.4. The Morgan fingerprint density at radius 3 is 2.67 bits per heavy atom. The van der Waals surface area contributed by atoms with E-state index in [1.807, 2.05) is 45.3 Å². The Balaban J connectivity index is 1.93. The van der Waals surface area contributed by atoms with Gasteiger partial charge in [-0.15, -0.1) is 10.2 Å². The van der Waals surface area contributed by atoms with Gasteiger partial charge in [0.25, 0.3) is 0 Å². The number of ether oxygens (including phenoxy) is 1. The van der Waals surface area contributed by atoms with E-state index in [0.717, 1.165) is 23.0 Å². The van der Waals surface area contributed by atoms with Gasteiger partial charge in [0, 0.05) is 39.9 Å². The molecule has 0 aliphatic rings. The summed E-state index contributed by atoms with van der Waals surface area (Å²) in [5, 5.41) is 10.1. The lowest BCUT2D eigenvalue weighted by Crippen LogP contribution is -2.16. The molecule has 11 heteroatoms. The van der Waals surface area contributed by atoms with Gasteiger partial charge in [-0.25, -0.2) is 0 Å².